The van der Waals surface area contributed by atoms with Crippen LogP contribution in [-0.2, 0) is 0 Å². The highest BCUT2D eigenvalue weighted by Gasteiger charge is 2.33. The number of nitrogens with one attached hydrogen (secondary N) is 1. The number of fused-ring (bicyclic) bond motifs is 1. The molecule has 0 bridgehead atoms. The average Bonchev–Trinajstić information content (AvgIpc) is 2.90. The Morgan fingerprint density at radius 2 is 1.95 bits per heavy atom. The minimum atomic E-state index is 0.183. The molecule has 21 heavy (non-hydrogen) atoms. The predicted octanol–water partition coefficient (Wildman–Crippen LogP) is 4.60. The third-order valence-electron chi connectivity index (χ3n) is 5.07. The molecule has 0 atom stereocenters. The van der Waals surface area contributed by atoms with Gasteiger partial charge in [0.15, 0.2) is 5.78 Å². The van der Waals surface area contributed by atoms with Gasteiger partial charge in [0.25, 0.3) is 0 Å². The van der Waals surface area contributed by atoms with Crippen LogP contribution in [0.15, 0.2) is 24.7 Å². The molecule has 1 aliphatic rings. The second kappa shape index (κ2) is 5.28. The topological polar surface area (TPSA) is 45.8 Å². The van der Waals surface area contributed by atoms with Crippen molar-refractivity contribution in [3.63, 3.8) is 0 Å². The largest absolute Gasteiger partial charge is 0.360 e. The van der Waals surface area contributed by atoms with Crippen LogP contribution in [-0.4, -0.2) is 15.8 Å². The van der Waals surface area contributed by atoms with Crippen molar-refractivity contribution >= 4 is 16.7 Å². The Morgan fingerprint density at radius 1 is 1.24 bits per heavy atom. The highest BCUT2D eigenvalue weighted by atomic mass is 16.1. The Labute approximate surface area is 126 Å². The van der Waals surface area contributed by atoms with E-state index in [1.807, 2.05) is 12.3 Å². The van der Waals surface area contributed by atoms with Gasteiger partial charge < -0.3 is 4.98 Å². The van der Waals surface area contributed by atoms with Crippen molar-refractivity contribution in [1.82, 2.24) is 9.97 Å². The number of hydrogen-bond acceptors (Lipinski definition) is 2. The molecule has 2 aromatic rings. The van der Waals surface area contributed by atoms with Crippen molar-refractivity contribution in [3.8, 4) is 0 Å². The van der Waals surface area contributed by atoms with Gasteiger partial charge in [0.1, 0.15) is 0 Å². The Kier molecular flexibility index (Phi) is 3.60. The zero-order valence-electron chi connectivity index (χ0n) is 13.1. The smallest absolute Gasteiger partial charge is 0.168 e. The van der Waals surface area contributed by atoms with Gasteiger partial charge in [-0.05, 0) is 43.1 Å². The highest BCUT2D eigenvalue weighted by Crippen LogP contribution is 2.41. The van der Waals surface area contributed by atoms with Crippen molar-refractivity contribution in [3.05, 3.63) is 30.2 Å². The molecule has 1 fully saturated rings. The molecule has 0 spiro atoms. The summed E-state index contributed by atoms with van der Waals surface area (Å²) in [5.41, 5.74) is 2.17. The number of rotatable bonds is 2. The maximum Gasteiger partial charge on any atom is 0.168 e. The van der Waals surface area contributed by atoms with E-state index in [9.17, 15) is 4.79 Å². The maximum absolute atomic E-state index is 12.8. The van der Waals surface area contributed by atoms with Gasteiger partial charge in [-0.15, -0.1) is 0 Å². The van der Waals surface area contributed by atoms with Gasteiger partial charge in [0.05, 0.1) is 0 Å². The van der Waals surface area contributed by atoms with Crippen molar-refractivity contribution in [2.24, 2.45) is 17.3 Å². The summed E-state index contributed by atoms with van der Waals surface area (Å²) in [6.07, 6.45) is 9.77. The number of ketones is 1. The summed E-state index contributed by atoms with van der Waals surface area (Å²) in [5, 5.41) is 0.959. The number of carbonyl (C=O) groups is 1. The third kappa shape index (κ3) is 2.74. The fourth-order valence-electron chi connectivity index (χ4n) is 3.61. The molecule has 112 valence electrons. The highest BCUT2D eigenvalue weighted by molar-refractivity contribution is 6.08. The molecule has 0 unspecified atom stereocenters. The molecule has 2 heterocycles. The maximum atomic E-state index is 12.8. The molecular formula is C18H24N2O. The minimum Gasteiger partial charge on any atom is -0.360 e. The quantitative estimate of drug-likeness (QED) is 0.819. The Bertz CT molecular complexity index is 643. The van der Waals surface area contributed by atoms with Gasteiger partial charge in [-0.2, -0.15) is 0 Å². The lowest BCUT2D eigenvalue weighted by molar-refractivity contribution is 0.0821. The first-order chi connectivity index (χ1) is 9.97. The molecule has 1 N–H and O–H groups in total. The molecule has 1 aliphatic carbocycles. The van der Waals surface area contributed by atoms with E-state index in [2.05, 4.69) is 30.7 Å². The molecule has 0 amide bonds. The molecule has 1 saturated carbocycles. The van der Waals surface area contributed by atoms with Crippen LogP contribution in [0.4, 0.5) is 0 Å². The van der Waals surface area contributed by atoms with Gasteiger partial charge in [-0.25, -0.2) is 0 Å². The SMILES string of the molecule is CC(C)(C)C1CCC(C(=O)c2c[nH]c3ccncc23)CC1. The van der Waals surface area contributed by atoms with Crippen LogP contribution >= 0.6 is 0 Å². The van der Waals surface area contributed by atoms with E-state index in [1.54, 1.807) is 12.4 Å². The van der Waals surface area contributed by atoms with Gasteiger partial charge in [0.2, 0.25) is 0 Å². The summed E-state index contributed by atoms with van der Waals surface area (Å²) in [4.78, 5) is 20.1. The second-order valence-corrected chi connectivity index (χ2v) is 7.40. The lowest BCUT2D eigenvalue weighted by Gasteiger charge is -2.36. The molecule has 0 aliphatic heterocycles. The monoisotopic (exact) mass is 284 g/mol. The van der Waals surface area contributed by atoms with E-state index < -0.39 is 0 Å². The lowest BCUT2D eigenvalue weighted by atomic mass is 9.69. The second-order valence-electron chi connectivity index (χ2n) is 7.40. The fourth-order valence-corrected chi connectivity index (χ4v) is 3.61. The summed E-state index contributed by atoms with van der Waals surface area (Å²) in [5.74, 6) is 1.22. The minimum absolute atomic E-state index is 0.183. The van der Waals surface area contributed by atoms with Gasteiger partial charge in [0, 0.05) is 41.0 Å². The predicted molar refractivity (Wildman–Crippen MR) is 85.3 cm³/mol. The van der Waals surface area contributed by atoms with Crippen LogP contribution in [0.1, 0.15) is 56.8 Å². The summed E-state index contributed by atoms with van der Waals surface area (Å²) in [7, 11) is 0. The van der Waals surface area contributed by atoms with E-state index in [0.29, 0.717) is 11.2 Å². The van der Waals surface area contributed by atoms with Crippen LogP contribution in [0.2, 0.25) is 0 Å². The molecule has 0 saturated heterocycles. The lowest BCUT2D eigenvalue weighted by Crippen LogP contribution is -2.28. The van der Waals surface area contributed by atoms with Crippen LogP contribution in [0.5, 0.6) is 0 Å². The standard InChI is InChI=1S/C18H24N2O/c1-18(2,3)13-6-4-12(5-7-13)17(21)15-11-20-16-8-9-19-10-14(15)16/h8-13,20H,4-7H2,1-3H3. The number of aromatic nitrogens is 2. The Morgan fingerprint density at radius 3 is 2.62 bits per heavy atom. The summed E-state index contributed by atoms with van der Waals surface area (Å²) in [6.45, 7) is 6.93. The van der Waals surface area contributed by atoms with E-state index in [-0.39, 0.29) is 5.92 Å². The Balaban J connectivity index is 1.75. The van der Waals surface area contributed by atoms with Crippen molar-refractivity contribution in [2.75, 3.05) is 0 Å². The fraction of sp³-hybridized carbons (Fsp3) is 0.556. The van der Waals surface area contributed by atoms with Crippen LogP contribution in [0, 0.1) is 17.3 Å². The molecule has 3 rings (SSSR count). The van der Waals surface area contributed by atoms with E-state index in [0.717, 1.165) is 35.2 Å². The number of hydrogen-bond donors (Lipinski definition) is 1. The first kappa shape index (κ1) is 14.3. The number of aromatic amines is 1. The zero-order valence-corrected chi connectivity index (χ0v) is 13.1. The molecule has 0 aromatic carbocycles. The van der Waals surface area contributed by atoms with Crippen molar-refractivity contribution in [1.29, 1.82) is 0 Å². The molecule has 0 radical (unpaired) electrons. The molecule has 3 heteroatoms. The Hall–Kier alpha value is -1.64. The first-order valence-corrected chi connectivity index (χ1v) is 7.92. The average molecular weight is 284 g/mol. The van der Waals surface area contributed by atoms with Crippen LogP contribution in [0.25, 0.3) is 10.9 Å². The van der Waals surface area contributed by atoms with E-state index in [1.165, 1.54) is 12.8 Å². The normalized spacial score (nSPS) is 23.4. The van der Waals surface area contributed by atoms with Crippen molar-refractivity contribution < 1.29 is 4.79 Å². The van der Waals surface area contributed by atoms with Crippen LogP contribution in [0.3, 0.4) is 0 Å². The summed E-state index contributed by atoms with van der Waals surface area (Å²) in [6, 6.07) is 1.92. The van der Waals surface area contributed by atoms with E-state index >= 15 is 0 Å². The van der Waals surface area contributed by atoms with E-state index in [4.69, 9.17) is 0 Å². The van der Waals surface area contributed by atoms with Gasteiger partial charge in [-0.1, -0.05) is 20.8 Å². The number of carbonyl (C=O) groups excluding carboxylic acids is 1. The number of pyridine rings is 1. The number of Topliss-reactive ketones (excluding diaryl/α,β-unsaturated/α-hetero) is 1. The molecule has 2 aromatic heterocycles. The molecular weight excluding hydrogens is 260 g/mol. The number of nitrogens with zero attached hydrogens (tertiary/aromatic N) is 1. The zero-order chi connectivity index (χ0) is 15.0. The third-order valence-corrected chi connectivity index (χ3v) is 5.07. The van der Waals surface area contributed by atoms with Crippen molar-refractivity contribution in [2.45, 2.75) is 46.5 Å². The van der Waals surface area contributed by atoms with Crippen LogP contribution < -0.4 is 0 Å². The molecule has 3 nitrogen and oxygen atoms in total. The summed E-state index contributed by atoms with van der Waals surface area (Å²) < 4.78 is 0. The summed E-state index contributed by atoms with van der Waals surface area (Å²) >= 11 is 0. The number of H-pyrrole nitrogens is 1. The van der Waals surface area contributed by atoms with Gasteiger partial charge >= 0.3 is 0 Å². The van der Waals surface area contributed by atoms with Gasteiger partial charge in [-0.3, -0.25) is 9.78 Å². The first-order valence-electron chi connectivity index (χ1n) is 7.92.